The Morgan fingerprint density at radius 2 is 2.35 bits per heavy atom. The third kappa shape index (κ3) is 2.84. The van der Waals surface area contributed by atoms with Crippen LogP contribution in [0, 0.1) is 3.57 Å². The summed E-state index contributed by atoms with van der Waals surface area (Å²) in [6.45, 7) is 0. The van der Waals surface area contributed by atoms with Gasteiger partial charge in [-0.3, -0.25) is 0 Å². The lowest BCUT2D eigenvalue weighted by atomic mass is 10.2. The molecule has 2 aromatic rings. The van der Waals surface area contributed by atoms with Crippen LogP contribution in [0.15, 0.2) is 29.6 Å². The van der Waals surface area contributed by atoms with Crippen molar-refractivity contribution in [1.82, 2.24) is 14.9 Å². The zero-order chi connectivity index (χ0) is 12.3. The molecular formula is C9H9IN6O. The minimum absolute atomic E-state index is 0.158. The predicted molar refractivity (Wildman–Crippen MR) is 72.2 cm³/mol. The number of aromatic nitrogens is 3. The first kappa shape index (κ1) is 11.6. The SMILES string of the molecule is Nn1cnnc1N/N=C/c1cc(I)ccc1O. The molecule has 88 valence electrons. The Hall–Kier alpha value is -1.84. The predicted octanol–water partition coefficient (Wildman–Crippen LogP) is 0.748. The van der Waals surface area contributed by atoms with Crippen molar-refractivity contribution < 1.29 is 5.11 Å². The number of hydrogen-bond acceptors (Lipinski definition) is 6. The maximum absolute atomic E-state index is 9.57. The Morgan fingerprint density at radius 3 is 3.06 bits per heavy atom. The van der Waals surface area contributed by atoms with E-state index in [0.29, 0.717) is 11.5 Å². The third-order valence-electron chi connectivity index (χ3n) is 1.93. The molecule has 7 nitrogen and oxygen atoms in total. The average molecular weight is 344 g/mol. The van der Waals surface area contributed by atoms with Crippen LogP contribution in [-0.4, -0.2) is 26.2 Å². The number of nitrogens with zero attached hydrogens (tertiary/aromatic N) is 4. The molecule has 0 radical (unpaired) electrons. The van der Waals surface area contributed by atoms with Crippen LogP contribution in [0.1, 0.15) is 5.56 Å². The number of halogens is 1. The minimum atomic E-state index is 0.158. The van der Waals surface area contributed by atoms with Gasteiger partial charge in [-0.2, -0.15) is 5.10 Å². The topological polar surface area (TPSA) is 101 Å². The van der Waals surface area contributed by atoms with E-state index in [-0.39, 0.29) is 5.75 Å². The van der Waals surface area contributed by atoms with Gasteiger partial charge in [0.2, 0.25) is 0 Å². The number of hydrazone groups is 1. The van der Waals surface area contributed by atoms with Gasteiger partial charge < -0.3 is 10.9 Å². The van der Waals surface area contributed by atoms with Crippen molar-refractivity contribution in [2.24, 2.45) is 5.10 Å². The Bertz CT molecular complexity index is 552. The zero-order valence-corrected chi connectivity index (χ0v) is 10.7. The average Bonchev–Trinajstić information content (AvgIpc) is 2.70. The van der Waals surface area contributed by atoms with E-state index in [9.17, 15) is 5.11 Å². The van der Waals surface area contributed by atoms with Crippen LogP contribution in [0.2, 0.25) is 0 Å². The van der Waals surface area contributed by atoms with Crippen LogP contribution in [0.5, 0.6) is 5.75 Å². The van der Waals surface area contributed by atoms with Crippen molar-refractivity contribution in [2.45, 2.75) is 0 Å². The molecule has 4 N–H and O–H groups in total. The monoisotopic (exact) mass is 344 g/mol. The van der Waals surface area contributed by atoms with Crippen LogP contribution in [-0.2, 0) is 0 Å². The number of hydrogen-bond donors (Lipinski definition) is 3. The Labute approximate surface area is 110 Å². The molecule has 0 aliphatic carbocycles. The highest BCUT2D eigenvalue weighted by atomic mass is 127. The first-order valence-electron chi connectivity index (χ1n) is 4.59. The van der Waals surface area contributed by atoms with E-state index in [2.05, 4.69) is 43.3 Å². The van der Waals surface area contributed by atoms with Gasteiger partial charge >= 0.3 is 0 Å². The van der Waals surface area contributed by atoms with Crippen molar-refractivity contribution in [3.63, 3.8) is 0 Å². The number of anilines is 1. The normalized spacial score (nSPS) is 10.9. The van der Waals surface area contributed by atoms with Crippen molar-refractivity contribution in [1.29, 1.82) is 0 Å². The summed E-state index contributed by atoms with van der Waals surface area (Å²) in [5.74, 6) is 5.95. The second-order valence-corrected chi connectivity index (χ2v) is 4.38. The molecule has 17 heavy (non-hydrogen) atoms. The number of nitrogen functional groups attached to an aromatic ring is 1. The standard InChI is InChI=1S/C9H9IN6O/c10-7-1-2-8(17)6(3-7)4-12-14-9-15-13-5-16(9)11/h1-5,17H,11H2,(H,14,15)/b12-4+. The third-order valence-corrected chi connectivity index (χ3v) is 2.60. The van der Waals surface area contributed by atoms with Crippen molar-refractivity contribution in [3.8, 4) is 5.75 Å². The van der Waals surface area contributed by atoms with E-state index in [0.717, 1.165) is 3.57 Å². The molecule has 0 saturated heterocycles. The van der Waals surface area contributed by atoms with E-state index in [1.165, 1.54) is 17.2 Å². The van der Waals surface area contributed by atoms with Gasteiger partial charge in [0.15, 0.2) is 0 Å². The first-order valence-corrected chi connectivity index (χ1v) is 5.67. The Kier molecular flexibility index (Phi) is 3.42. The highest BCUT2D eigenvalue weighted by Crippen LogP contribution is 2.17. The number of nitrogens with two attached hydrogens (primary N) is 1. The summed E-state index contributed by atoms with van der Waals surface area (Å²) in [5.41, 5.74) is 3.21. The molecule has 0 bridgehead atoms. The van der Waals surface area contributed by atoms with Gasteiger partial charge in [0.25, 0.3) is 5.95 Å². The van der Waals surface area contributed by atoms with Gasteiger partial charge in [-0.25, -0.2) is 10.1 Å². The molecular weight excluding hydrogens is 335 g/mol. The molecule has 1 heterocycles. The van der Waals surface area contributed by atoms with Gasteiger partial charge in [0, 0.05) is 9.13 Å². The molecule has 0 fully saturated rings. The molecule has 1 aromatic carbocycles. The van der Waals surface area contributed by atoms with Crippen molar-refractivity contribution in [3.05, 3.63) is 33.7 Å². The van der Waals surface area contributed by atoms with Crippen LogP contribution >= 0.6 is 22.6 Å². The summed E-state index contributed by atoms with van der Waals surface area (Å²) in [4.78, 5) is 0. The second-order valence-electron chi connectivity index (χ2n) is 3.13. The molecule has 0 aliphatic heterocycles. The highest BCUT2D eigenvalue weighted by molar-refractivity contribution is 14.1. The number of aromatic hydroxyl groups is 1. The minimum Gasteiger partial charge on any atom is -0.507 e. The van der Waals surface area contributed by atoms with Crippen LogP contribution in [0.3, 0.4) is 0 Å². The van der Waals surface area contributed by atoms with Gasteiger partial charge in [-0.1, -0.05) is 0 Å². The maximum atomic E-state index is 9.57. The van der Waals surface area contributed by atoms with E-state index >= 15 is 0 Å². The lowest BCUT2D eigenvalue weighted by Gasteiger charge is -2.00. The summed E-state index contributed by atoms with van der Waals surface area (Å²) >= 11 is 2.15. The highest BCUT2D eigenvalue weighted by Gasteiger charge is 2.00. The molecule has 0 saturated carbocycles. The summed E-state index contributed by atoms with van der Waals surface area (Å²) in [5, 5.41) is 20.7. The van der Waals surface area contributed by atoms with E-state index in [1.54, 1.807) is 18.2 Å². The molecule has 2 rings (SSSR count). The Morgan fingerprint density at radius 1 is 1.53 bits per heavy atom. The van der Waals surface area contributed by atoms with E-state index in [4.69, 9.17) is 5.84 Å². The molecule has 1 aromatic heterocycles. The molecule has 8 heteroatoms. The molecule has 0 unspecified atom stereocenters. The number of nitrogens with one attached hydrogen (secondary N) is 1. The Balaban J connectivity index is 2.10. The molecule has 0 spiro atoms. The fraction of sp³-hybridized carbons (Fsp3) is 0. The van der Waals surface area contributed by atoms with Crippen LogP contribution in [0.4, 0.5) is 5.95 Å². The quantitative estimate of drug-likeness (QED) is 0.330. The van der Waals surface area contributed by atoms with Crippen LogP contribution in [0.25, 0.3) is 0 Å². The summed E-state index contributed by atoms with van der Waals surface area (Å²) in [6, 6.07) is 5.21. The zero-order valence-electron chi connectivity index (χ0n) is 8.58. The van der Waals surface area contributed by atoms with Gasteiger partial charge in [0.1, 0.15) is 12.1 Å². The van der Waals surface area contributed by atoms with E-state index in [1.807, 2.05) is 0 Å². The van der Waals surface area contributed by atoms with Crippen molar-refractivity contribution >= 4 is 34.8 Å². The van der Waals surface area contributed by atoms with Gasteiger partial charge in [-0.05, 0) is 40.8 Å². The maximum Gasteiger partial charge on any atom is 0.263 e. The van der Waals surface area contributed by atoms with Gasteiger partial charge in [0.05, 0.1) is 6.21 Å². The fourth-order valence-electron chi connectivity index (χ4n) is 1.11. The molecule has 0 amide bonds. The lowest BCUT2D eigenvalue weighted by Crippen LogP contribution is -2.10. The number of rotatable bonds is 3. The number of phenolic OH excluding ortho intramolecular Hbond substituents is 1. The van der Waals surface area contributed by atoms with Gasteiger partial charge in [-0.15, -0.1) is 10.2 Å². The van der Waals surface area contributed by atoms with Crippen LogP contribution < -0.4 is 11.3 Å². The second kappa shape index (κ2) is 4.99. The largest absolute Gasteiger partial charge is 0.507 e. The molecule has 0 atom stereocenters. The van der Waals surface area contributed by atoms with E-state index < -0.39 is 0 Å². The summed E-state index contributed by atoms with van der Waals surface area (Å²) in [7, 11) is 0. The summed E-state index contributed by atoms with van der Waals surface area (Å²) < 4.78 is 2.20. The first-order chi connectivity index (χ1) is 8.16. The lowest BCUT2D eigenvalue weighted by molar-refractivity contribution is 0.474. The fourth-order valence-corrected chi connectivity index (χ4v) is 1.63. The molecule has 0 aliphatic rings. The smallest absolute Gasteiger partial charge is 0.263 e. The van der Waals surface area contributed by atoms with Crippen molar-refractivity contribution in [2.75, 3.05) is 11.3 Å². The summed E-state index contributed by atoms with van der Waals surface area (Å²) in [6.07, 6.45) is 2.83. The number of benzene rings is 1. The number of phenols is 1.